The van der Waals surface area contributed by atoms with Gasteiger partial charge in [0.15, 0.2) is 0 Å². The van der Waals surface area contributed by atoms with Crippen molar-refractivity contribution in [2.45, 2.75) is 32.4 Å². The number of hydrogen-bond acceptors (Lipinski definition) is 3. The normalized spacial score (nSPS) is 16.6. The second-order valence-electron chi connectivity index (χ2n) is 9.14. The minimum atomic E-state index is -0.388. The van der Waals surface area contributed by atoms with Crippen LogP contribution in [0.3, 0.4) is 0 Å². The number of amides is 2. The number of halogens is 1. The van der Waals surface area contributed by atoms with Gasteiger partial charge >= 0.3 is 0 Å². The molecule has 0 radical (unpaired) electrons. The number of para-hydroxylation sites is 2. The van der Waals surface area contributed by atoms with E-state index in [-0.39, 0.29) is 29.7 Å². The highest BCUT2D eigenvalue weighted by atomic mass is 19.1. The fraction of sp³-hybridized carbons (Fsp3) is 0.161. The predicted molar refractivity (Wildman–Crippen MR) is 143 cm³/mol. The third kappa shape index (κ3) is 4.96. The molecule has 0 spiro atoms. The summed E-state index contributed by atoms with van der Waals surface area (Å²) in [5.74, 6) is 0.727. The first-order valence-electron chi connectivity index (χ1n) is 12.2. The Morgan fingerprint density at radius 2 is 1.46 bits per heavy atom. The summed E-state index contributed by atoms with van der Waals surface area (Å²) in [7, 11) is 0. The van der Waals surface area contributed by atoms with Crippen molar-refractivity contribution in [1.82, 2.24) is 0 Å². The van der Waals surface area contributed by atoms with E-state index in [4.69, 9.17) is 4.74 Å². The maximum Gasteiger partial charge on any atom is 0.258 e. The molecule has 0 saturated carbocycles. The highest BCUT2D eigenvalue weighted by Crippen LogP contribution is 2.43. The molecular formula is C31H27FN2O3. The topological polar surface area (TPSA) is 49.9 Å². The van der Waals surface area contributed by atoms with Crippen molar-refractivity contribution < 1.29 is 18.7 Å². The Kier molecular flexibility index (Phi) is 6.73. The van der Waals surface area contributed by atoms with E-state index in [2.05, 4.69) is 0 Å². The molecule has 0 bridgehead atoms. The molecule has 37 heavy (non-hydrogen) atoms. The van der Waals surface area contributed by atoms with Gasteiger partial charge in [-0.1, -0.05) is 36.4 Å². The summed E-state index contributed by atoms with van der Waals surface area (Å²) in [5.41, 5.74) is 2.80. The van der Waals surface area contributed by atoms with Gasteiger partial charge in [-0.25, -0.2) is 4.39 Å². The summed E-state index contributed by atoms with van der Waals surface area (Å²) in [6.07, 6.45) is 0.547. The number of carbonyl (C=O) groups excluding carboxylic acids is 2. The molecule has 0 unspecified atom stereocenters. The van der Waals surface area contributed by atoms with E-state index in [0.29, 0.717) is 17.7 Å². The first-order chi connectivity index (χ1) is 17.9. The lowest BCUT2D eigenvalue weighted by atomic mass is 9.89. The molecule has 0 N–H and O–H groups in total. The SMILES string of the molecule is CC(=O)N(c1ccc(Oc2ccccc2)cc1)[C@@H]1C[C@H](C)N(C(=O)c2ccc(F)cc2)c2ccccc21. The number of hydrogen-bond donors (Lipinski definition) is 0. The second kappa shape index (κ2) is 10.3. The highest BCUT2D eigenvalue weighted by Gasteiger charge is 2.38. The number of nitrogens with zero attached hydrogens (tertiary/aromatic N) is 2. The van der Waals surface area contributed by atoms with Crippen molar-refractivity contribution >= 4 is 23.2 Å². The number of fused-ring (bicyclic) bond motifs is 1. The van der Waals surface area contributed by atoms with Crippen LogP contribution in [0.4, 0.5) is 15.8 Å². The molecule has 2 amide bonds. The average Bonchev–Trinajstić information content (AvgIpc) is 2.90. The summed E-state index contributed by atoms with van der Waals surface area (Å²) in [6, 6.07) is 29.7. The largest absolute Gasteiger partial charge is 0.457 e. The van der Waals surface area contributed by atoms with Crippen LogP contribution in [-0.4, -0.2) is 17.9 Å². The van der Waals surface area contributed by atoms with Crippen molar-refractivity contribution in [3.05, 3.63) is 120 Å². The van der Waals surface area contributed by atoms with Gasteiger partial charge < -0.3 is 14.5 Å². The van der Waals surface area contributed by atoms with Gasteiger partial charge in [0.05, 0.1) is 6.04 Å². The van der Waals surface area contributed by atoms with Crippen molar-refractivity contribution in [1.29, 1.82) is 0 Å². The van der Waals surface area contributed by atoms with E-state index in [1.54, 1.807) is 16.7 Å². The molecular weight excluding hydrogens is 467 g/mol. The summed E-state index contributed by atoms with van der Waals surface area (Å²) >= 11 is 0. The Labute approximate surface area is 215 Å². The third-order valence-corrected chi connectivity index (χ3v) is 6.62. The van der Waals surface area contributed by atoms with Crippen molar-refractivity contribution in [3.8, 4) is 11.5 Å². The Morgan fingerprint density at radius 1 is 0.838 bits per heavy atom. The van der Waals surface area contributed by atoms with E-state index in [1.165, 1.54) is 24.3 Å². The first-order valence-corrected chi connectivity index (χ1v) is 12.2. The van der Waals surface area contributed by atoms with Crippen LogP contribution < -0.4 is 14.5 Å². The smallest absolute Gasteiger partial charge is 0.258 e. The molecule has 0 aromatic heterocycles. The number of ether oxygens (including phenoxy) is 1. The Hall–Kier alpha value is -4.45. The maximum absolute atomic E-state index is 13.5. The minimum Gasteiger partial charge on any atom is -0.457 e. The van der Waals surface area contributed by atoms with Crippen LogP contribution in [0.1, 0.15) is 42.2 Å². The number of carbonyl (C=O) groups is 2. The van der Waals surface area contributed by atoms with Crippen LogP contribution in [0.25, 0.3) is 0 Å². The zero-order valence-corrected chi connectivity index (χ0v) is 20.7. The molecule has 0 aliphatic carbocycles. The summed E-state index contributed by atoms with van der Waals surface area (Å²) < 4.78 is 19.4. The molecule has 1 aliphatic heterocycles. The van der Waals surface area contributed by atoms with Crippen molar-refractivity contribution in [2.75, 3.05) is 9.80 Å². The molecule has 2 atom stereocenters. The molecule has 5 rings (SSSR count). The molecule has 1 aliphatic rings. The number of rotatable bonds is 5. The van der Waals surface area contributed by atoms with Gasteiger partial charge in [-0.05, 0) is 85.6 Å². The number of benzene rings is 4. The molecule has 5 nitrogen and oxygen atoms in total. The molecule has 4 aromatic carbocycles. The van der Waals surface area contributed by atoms with Crippen molar-refractivity contribution in [3.63, 3.8) is 0 Å². The van der Waals surface area contributed by atoms with E-state index in [9.17, 15) is 14.0 Å². The minimum absolute atomic E-state index is 0.0953. The highest BCUT2D eigenvalue weighted by molar-refractivity contribution is 6.07. The fourth-order valence-corrected chi connectivity index (χ4v) is 4.95. The maximum atomic E-state index is 13.5. The van der Waals surface area contributed by atoms with Crippen LogP contribution in [0, 0.1) is 5.82 Å². The lowest BCUT2D eigenvalue weighted by Gasteiger charge is -2.43. The average molecular weight is 495 g/mol. The first kappa shape index (κ1) is 24.3. The molecule has 1 heterocycles. The monoisotopic (exact) mass is 494 g/mol. The van der Waals surface area contributed by atoms with Gasteiger partial charge in [0.2, 0.25) is 5.91 Å². The third-order valence-electron chi connectivity index (χ3n) is 6.62. The van der Waals surface area contributed by atoms with Gasteiger partial charge in [-0.3, -0.25) is 9.59 Å². The fourth-order valence-electron chi connectivity index (χ4n) is 4.95. The van der Waals surface area contributed by atoms with Crippen LogP contribution in [0.5, 0.6) is 11.5 Å². The van der Waals surface area contributed by atoms with E-state index in [1.807, 2.05) is 85.8 Å². The summed E-state index contributed by atoms with van der Waals surface area (Å²) in [5, 5.41) is 0. The molecule has 0 saturated heterocycles. The van der Waals surface area contributed by atoms with Crippen LogP contribution in [-0.2, 0) is 4.79 Å². The summed E-state index contributed by atoms with van der Waals surface area (Å²) in [4.78, 5) is 30.0. The Balaban J connectivity index is 1.47. The summed E-state index contributed by atoms with van der Waals surface area (Å²) in [6.45, 7) is 3.52. The molecule has 4 aromatic rings. The predicted octanol–water partition coefficient (Wildman–Crippen LogP) is 7.15. The van der Waals surface area contributed by atoms with Gasteiger partial charge in [-0.2, -0.15) is 0 Å². The van der Waals surface area contributed by atoms with Gasteiger partial charge in [0.25, 0.3) is 5.91 Å². The van der Waals surface area contributed by atoms with Crippen LogP contribution >= 0.6 is 0 Å². The van der Waals surface area contributed by atoms with Gasteiger partial charge in [0.1, 0.15) is 17.3 Å². The van der Waals surface area contributed by atoms with Crippen LogP contribution in [0.2, 0.25) is 0 Å². The quantitative estimate of drug-likeness (QED) is 0.296. The standard InChI is InChI=1S/C31H27FN2O3/c1-21-20-30(28-10-6-7-11-29(28)33(21)31(36)23-12-14-24(32)15-13-23)34(22(2)35)25-16-18-27(19-17-25)37-26-8-4-3-5-9-26/h3-19,21,30H,20H2,1-2H3/t21-,30+/m0/s1. The second-order valence-corrected chi connectivity index (χ2v) is 9.14. The van der Waals surface area contributed by atoms with E-state index in [0.717, 1.165) is 22.7 Å². The molecule has 6 heteroatoms. The Morgan fingerprint density at radius 3 is 2.14 bits per heavy atom. The zero-order chi connectivity index (χ0) is 25.9. The van der Waals surface area contributed by atoms with Gasteiger partial charge in [-0.15, -0.1) is 0 Å². The van der Waals surface area contributed by atoms with Crippen molar-refractivity contribution in [2.24, 2.45) is 0 Å². The van der Waals surface area contributed by atoms with E-state index >= 15 is 0 Å². The van der Waals surface area contributed by atoms with E-state index < -0.39 is 0 Å². The van der Waals surface area contributed by atoms with Crippen LogP contribution in [0.15, 0.2) is 103 Å². The molecule has 0 fully saturated rings. The zero-order valence-electron chi connectivity index (χ0n) is 20.7. The van der Waals surface area contributed by atoms with Gasteiger partial charge in [0, 0.05) is 29.9 Å². The molecule has 186 valence electrons. The lowest BCUT2D eigenvalue weighted by molar-refractivity contribution is -0.117. The lowest BCUT2D eigenvalue weighted by Crippen LogP contribution is -2.47. The Bertz CT molecular complexity index is 1400. The number of anilines is 2.